The van der Waals surface area contributed by atoms with Crippen molar-refractivity contribution in [1.82, 2.24) is 15.3 Å². The van der Waals surface area contributed by atoms with Gasteiger partial charge in [0.2, 0.25) is 0 Å². The standard InChI is InChI=1S/C23H22N6O3S2/c1-15(2)26-12-18-10-20(16-5-7-32-14-16)22(13-27-18)28-21-4-3-19(9-17(21)11-24)34(30,31)29-23-25-6-8-33-23/h3-10,13-15,26,28H,12H2,1-2H3,(H,25,29). The summed E-state index contributed by atoms with van der Waals surface area (Å²) in [6, 6.07) is 10.5. The number of benzene rings is 1. The number of anilines is 3. The fourth-order valence-corrected chi connectivity index (χ4v) is 4.96. The van der Waals surface area contributed by atoms with Gasteiger partial charge in [-0.3, -0.25) is 9.71 Å². The number of sulfonamides is 1. The largest absolute Gasteiger partial charge is 0.472 e. The van der Waals surface area contributed by atoms with Gasteiger partial charge in [-0.15, -0.1) is 11.3 Å². The molecule has 0 aliphatic carbocycles. The second-order valence-electron chi connectivity index (χ2n) is 7.66. The summed E-state index contributed by atoms with van der Waals surface area (Å²) in [5.74, 6) is 0. The van der Waals surface area contributed by atoms with E-state index in [9.17, 15) is 13.7 Å². The third-order valence-corrected chi connectivity index (χ3v) is 6.98. The van der Waals surface area contributed by atoms with E-state index in [4.69, 9.17) is 4.42 Å². The minimum Gasteiger partial charge on any atom is -0.472 e. The van der Waals surface area contributed by atoms with Crippen LogP contribution in [0.15, 0.2) is 69.9 Å². The highest BCUT2D eigenvalue weighted by Crippen LogP contribution is 2.32. The molecule has 0 saturated heterocycles. The molecule has 4 aromatic rings. The Morgan fingerprint density at radius 2 is 2.03 bits per heavy atom. The summed E-state index contributed by atoms with van der Waals surface area (Å²) in [6.45, 7) is 4.73. The zero-order valence-corrected chi connectivity index (χ0v) is 20.1. The highest BCUT2D eigenvalue weighted by atomic mass is 32.2. The second-order valence-corrected chi connectivity index (χ2v) is 10.2. The van der Waals surface area contributed by atoms with E-state index in [0.29, 0.717) is 24.0 Å². The molecule has 174 valence electrons. The van der Waals surface area contributed by atoms with Crippen LogP contribution < -0.4 is 15.4 Å². The van der Waals surface area contributed by atoms with Crippen molar-refractivity contribution in [3.8, 4) is 17.2 Å². The normalized spacial score (nSPS) is 11.4. The van der Waals surface area contributed by atoms with Crippen LogP contribution in [0.2, 0.25) is 0 Å². The average molecular weight is 495 g/mol. The summed E-state index contributed by atoms with van der Waals surface area (Å²) in [5, 5.41) is 18.2. The highest BCUT2D eigenvalue weighted by molar-refractivity contribution is 7.93. The first-order chi connectivity index (χ1) is 16.4. The van der Waals surface area contributed by atoms with Crippen LogP contribution in [-0.2, 0) is 16.6 Å². The fourth-order valence-electron chi connectivity index (χ4n) is 3.14. The number of thiazole rings is 1. The van der Waals surface area contributed by atoms with Crippen LogP contribution in [-0.4, -0.2) is 24.4 Å². The van der Waals surface area contributed by atoms with Gasteiger partial charge >= 0.3 is 0 Å². The van der Waals surface area contributed by atoms with Crippen LogP contribution >= 0.6 is 11.3 Å². The van der Waals surface area contributed by atoms with Gasteiger partial charge in [0.05, 0.1) is 46.3 Å². The van der Waals surface area contributed by atoms with E-state index in [1.807, 2.05) is 12.1 Å². The van der Waals surface area contributed by atoms with Gasteiger partial charge in [-0.05, 0) is 30.3 Å². The van der Waals surface area contributed by atoms with Gasteiger partial charge < -0.3 is 15.1 Å². The van der Waals surface area contributed by atoms with Gasteiger partial charge in [0.15, 0.2) is 5.13 Å². The number of hydrogen-bond donors (Lipinski definition) is 3. The maximum atomic E-state index is 12.7. The van der Waals surface area contributed by atoms with E-state index in [0.717, 1.165) is 16.8 Å². The van der Waals surface area contributed by atoms with Crippen molar-refractivity contribution >= 4 is 37.9 Å². The predicted octanol–water partition coefficient (Wildman–Crippen LogP) is 4.71. The minimum atomic E-state index is -3.88. The lowest BCUT2D eigenvalue weighted by atomic mass is 10.1. The smallest absolute Gasteiger partial charge is 0.263 e. The number of pyridine rings is 1. The number of nitrogens with zero attached hydrogens (tertiary/aromatic N) is 3. The summed E-state index contributed by atoms with van der Waals surface area (Å²) in [6.07, 6.45) is 6.41. The molecule has 0 radical (unpaired) electrons. The Morgan fingerprint density at radius 1 is 1.18 bits per heavy atom. The SMILES string of the molecule is CC(C)NCc1cc(-c2ccoc2)c(Nc2ccc(S(=O)(=O)Nc3nccs3)cc2C#N)cn1. The molecule has 3 N–H and O–H groups in total. The lowest BCUT2D eigenvalue weighted by Gasteiger charge is -2.15. The van der Waals surface area contributed by atoms with Crippen LogP contribution in [0.5, 0.6) is 0 Å². The monoisotopic (exact) mass is 494 g/mol. The zero-order valence-electron chi connectivity index (χ0n) is 18.4. The van der Waals surface area contributed by atoms with Crippen LogP contribution in [0, 0.1) is 11.3 Å². The third-order valence-electron chi connectivity index (χ3n) is 4.83. The number of rotatable bonds is 9. The summed E-state index contributed by atoms with van der Waals surface area (Å²) in [4.78, 5) is 8.43. The van der Waals surface area contributed by atoms with Crippen LogP contribution in [0.25, 0.3) is 11.1 Å². The summed E-state index contributed by atoms with van der Waals surface area (Å²) in [7, 11) is -3.88. The first-order valence-corrected chi connectivity index (χ1v) is 12.7. The minimum absolute atomic E-state index is 0.0342. The van der Waals surface area contributed by atoms with Crippen molar-refractivity contribution in [2.75, 3.05) is 10.0 Å². The Bertz CT molecular complexity index is 1410. The third kappa shape index (κ3) is 5.43. The number of nitriles is 1. The maximum absolute atomic E-state index is 12.7. The molecule has 4 rings (SSSR count). The highest BCUT2D eigenvalue weighted by Gasteiger charge is 2.18. The van der Waals surface area contributed by atoms with E-state index in [-0.39, 0.29) is 15.6 Å². The molecule has 0 amide bonds. The van der Waals surface area contributed by atoms with Gasteiger partial charge in [-0.1, -0.05) is 13.8 Å². The molecule has 3 heterocycles. The molecule has 0 unspecified atom stereocenters. The summed E-state index contributed by atoms with van der Waals surface area (Å²) in [5.41, 5.74) is 3.82. The number of hydrogen-bond acceptors (Lipinski definition) is 9. The van der Waals surface area contributed by atoms with Gasteiger partial charge in [-0.2, -0.15) is 5.26 Å². The van der Waals surface area contributed by atoms with Crippen LogP contribution in [0.3, 0.4) is 0 Å². The molecule has 34 heavy (non-hydrogen) atoms. The number of furan rings is 1. The Morgan fingerprint density at radius 3 is 2.71 bits per heavy atom. The lowest BCUT2D eigenvalue weighted by Crippen LogP contribution is -2.22. The van der Waals surface area contributed by atoms with Gasteiger partial charge in [0.1, 0.15) is 6.07 Å². The Kier molecular flexibility index (Phi) is 6.93. The van der Waals surface area contributed by atoms with Crippen LogP contribution in [0.4, 0.5) is 16.5 Å². The number of nitrogens with one attached hydrogen (secondary N) is 3. The van der Waals surface area contributed by atoms with E-state index in [1.54, 1.807) is 30.2 Å². The molecule has 3 aromatic heterocycles. The molecule has 0 fully saturated rings. The predicted molar refractivity (Wildman–Crippen MR) is 131 cm³/mol. The van der Waals surface area contributed by atoms with Gasteiger partial charge in [-0.25, -0.2) is 13.4 Å². The fraction of sp³-hybridized carbons (Fsp3) is 0.174. The van der Waals surface area contributed by atoms with Crippen LogP contribution in [0.1, 0.15) is 25.1 Å². The van der Waals surface area contributed by atoms with Crippen molar-refractivity contribution in [1.29, 1.82) is 5.26 Å². The molecule has 0 bridgehead atoms. The van der Waals surface area contributed by atoms with Crippen molar-refractivity contribution < 1.29 is 12.8 Å². The molecular weight excluding hydrogens is 472 g/mol. The van der Waals surface area contributed by atoms with Gasteiger partial charge in [0.25, 0.3) is 10.0 Å². The molecule has 0 spiro atoms. The summed E-state index contributed by atoms with van der Waals surface area (Å²) >= 11 is 1.17. The first kappa shape index (κ1) is 23.4. The van der Waals surface area contributed by atoms with E-state index >= 15 is 0 Å². The first-order valence-electron chi connectivity index (χ1n) is 10.3. The van der Waals surface area contributed by atoms with E-state index < -0.39 is 10.0 Å². The molecule has 0 atom stereocenters. The molecule has 0 aliphatic rings. The van der Waals surface area contributed by atoms with Crippen molar-refractivity contribution in [2.45, 2.75) is 31.3 Å². The maximum Gasteiger partial charge on any atom is 0.263 e. The van der Waals surface area contributed by atoms with Crippen molar-refractivity contribution in [2.24, 2.45) is 0 Å². The molecule has 0 saturated carbocycles. The van der Waals surface area contributed by atoms with Crippen molar-refractivity contribution in [3.05, 3.63) is 71.9 Å². The molecule has 9 nitrogen and oxygen atoms in total. The van der Waals surface area contributed by atoms with E-state index in [2.05, 4.69) is 45.2 Å². The Hall–Kier alpha value is -3.72. The average Bonchev–Trinajstić information content (AvgIpc) is 3.52. The Balaban J connectivity index is 1.65. The topological polar surface area (TPSA) is 133 Å². The summed E-state index contributed by atoms with van der Waals surface area (Å²) < 4.78 is 33.1. The Labute approximate surface area is 201 Å². The molecule has 11 heteroatoms. The second kappa shape index (κ2) is 10.0. The molecular formula is C23H22N6O3S2. The number of aromatic nitrogens is 2. The zero-order chi connectivity index (χ0) is 24.1. The molecule has 1 aromatic carbocycles. The quantitative estimate of drug-likeness (QED) is 0.305. The van der Waals surface area contributed by atoms with Crippen molar-refractivity contribution in [3.63, 3.8) is 0 Å². The van der Waals surface area contributed by atoms with E-state index in [1.165, 1.54) is 29.7 Å². The van der Waals surface area contributed by atoms with Gasteiger partial charge in [0, 0.05) is 35.3 Å². The lowest BCUT2D eigenvalue weighted by molar-refractivity contribution is 0.568. The molecule has 0 aliphatic heterocycles.